The van der Waals surface area contributed by atoms with Crippen LogP contribution in [-0.4, -0.2) is 11.9 Å². The Hall–Kier alpha value is -0.970. The fraction of sp³-hybridized carbons (Fsp3) is 0.222. The van der Waals surface area contributed by atoms with Crippen LogP contribution in [0.5, 0.6) is 0 Å². The number of amides is 1. The van der Waals surface area contributed by atoms with Crippen molar-refractivity contribution in [3.63, 3.8) is 0 Å². The minimum absolute atomic E-state index is 0.305. The fourth-order valence-electron chi connectivity index (χ4n) is 1.03. The molecule has 0 spiro atoms. The lowest BCUT2D eigenvalue weighted by atomic mass is 10.2. The zero-order valence-electron chi connectivity index (χ0n) is 8.05. The van der Waals surface area contributed by atoms with Gasteiger partial charge in [-0.3, -0.25) is 10.2 Å². The van der Waals surface area contributed by atoms with Crippen molar-refractivity contribution >= 4 is 34.8 Å². The highest BCUT2D eigenvalue weighted by atomic mass is 35.5. The second-order valence-corrected chi connectivity index (χ2v) is 3.82. The summed E-state index contributed by atoms with van der Waals surface area (Å²) < 4.78 is 0. The lowest BCUT2D eigenvalue weighted by Crippen LogP contribution is -2.41. The largest absolute Gasteiger partial charge is 0.374 e. The van der Waals surface area contributed by atoms with Crippen molar-refractivity contribution in [1.29, 1.82) is 0 Å². The molecular formula is C9H11Cl2N3O. The van der Waals surface area contributed by atoms with Crippen molar-refractivity contribution in [1.82, 2.24) is 5.43 Å². The maximum absolute atomic E-state index is 11.1. The van der Waals surface area contributed by atoms with Crippen molar-refractivity contribution in [2.24, 2.45) is 5.84 Å². The van der Waals surface area contributed by atoms with Gasteiger partial charge in [0, 0.05) is 5.69 Å². The van der Waals surface area contributed by atoms with Gasteiger partial charge in [0.25, 0.3) is 5.91 Å². The van der Waals surface area contributed by atoms with Crippen LogP contribution in [0.3, 0.4) is 0 Å². The highest BCUT2D eigenvalue weighted by Crippen LogP contribution is 2.25. The normalized spacial score (nSPS) is 12.0. The fourth-order valence-corrected chi connectivity index (χ4v) is 1.32. The molecule has 0 bridgehead atoms. The summed E-state index contributed by atoms with van der Waals surface area (Å²) in [5.41, 5.74) is 2.76. The highest BCUT2D eigenvalue weighted by Gasteiger charge is 2.10. The number of hydrazine groups is 1. The predicted octanol–water partition coefficient (Wildman–Crippen LogP) is 1.78. The molecule has 0 radical (unpaired) electrons. The molecule has 4 N–H and O–H groups in total. The topological polar surface area (TPSA) is 67.2 Å². The summed E-state index contributed by atoms with van der Waals surface area (Å²) in [5, 5.41) is 3.83. The Morgan fingerprint density at radius 3 is 2.60 bits per heavy atom. The van der Waals surface area contributed by atoms with Crippen LogP contribution in [-0.2, 0) is 4.79 Å². The number of rotatable bonds is 3. The standard InChI is InChI=1S/C9H11Cl2N3O/c1-5(9(15)14-12)13-6-2-3-7(10)8(11)4-6/h2-5,13H,12H2,1H3,(H,14,15)/t5-/m1/s1. The van der Waals surface area contributed by atoms with Gasteiger partial charge in [-0.05, 0) is 25.1 Å². The Morgan fingerprint density at radius 1 is 1.40 bits per heavy atom. The molecule has 0 aliphatic heterocycles. The molecule has 1 aromatic rings. The minimum atomic E-state index is -0.438. The summed E-state index contributed by atoms with van der Waals surface area (Å²) in [7, 11) is 0. The molecule has 4 nitrogen and oxygen atoms in total. The molecule has 82 valence electrons. The average molecular weight is 248 g/mol. The van der Waals surface area contributed by atoms with Crippen LogP contribution in [0.15, 0.2) is 18.2 Å². The van der Waals surface area contributed by atoms with Gasteiger partial charge in [0.1, 0.15) is 6.04 Å². The minimum Gasteiger partial charge on any atom is -0.374 e. The van der Waals surface area contributed by atoms with Crippen LogP contribution in [0.25, 0.3) is 0 Å². The molecular weight excluding hydrogens is 237 g/mol. The molecule has 1 atom stereocenters. The quantitative estimate of drug-likeness (QED) is 0.434. The van der Waals surface area contributed by atoms with Gasteiger partial charge in [-0.1, -0.05) is 23.2 Å². The molecule has 0 fully saturated rings. The van der Waals surface area contributed by atoms with Gasteiger partial charge >= 0.3 is 0 Å². The summed E-state index contributed by atoms with van der Waals surface area (Å²) in [6, 6.07) is 4.59. The summed E-state index contributed by atoms with van der Waals surface area (Å²) in [4.78, 5) is 11.1. The number of nitrogens with two attached hydrogens (primary N) is 1. The van der Waals surface area contributed by atoms with E-state index >= 15 is 0 Å². The number of nitrogens with one attached hydrogen (secondary N) is 2. The second-order valence-electron chi connectivity index (χ2n) is 3.00. The molecule has 0 unspecified atom stereocenters. The predicted molar refractivity (Wildman–Crippen MR) is 61.9 cm³/mol. The Balaban J connectivity index is 2.73. The third-order valence-corrected chi connectivity index (χ3v) is 2.58. The first-order valence-electron chi connectivity index (χ1n) is 4.26. The van der Waals surface area contributed by atoms with E-state index in [1.54, 1.807) is 25.1 Å². The summed E-state index contributed by atoms with van der Waals surface area (Å²) in [5.74, 6) is 4.69. The van der Waals surface area contributed by atoms with Crippen molar-refractivity contribution in [3.8, 4) is 0 Å². The second kappa shape index (κ2) is 5.21. The SMILES string of the molecule is C[C@@H](Nc1ccc(Cl)c(Cl)c1)C(=O)NN. The molecule has 0 aliphatic carbocycles. The number of hydrogen-bond donors (Lipinski definition) is 3. The molecule has 0 aromatic heterocycles. The molecule has 1 rings (SSSR count). The van der Waals surface area contributed by atoms with Crippen molar-refractivity contribution in [2.45, 2.75) is 13.0 Å². The smallest absolute Gasteiger partial charge is 0.256 e. The lowest BCUT2D eigenvalue weighted by Gasteiger charge is -2.13. The number of anilines is 1. The Morgan fingerprint density at radius 2 is 2.07 bits per heavy atom. The highest BCUT2D eigenvalue weighted by molar-refractivity contribution is 6.42. The van der Waals surface area contributed by atoms with Crippen LogP contribution in [0.4, 0.5) is 5.69 Å². The number of carbonyl (C=O) groups excluding carboxylic acids is 1. The first-order chi connectivity index (χ1) is 7.04. The van der Waals surface area contributed by atoms with E-state index in [9.17, 15) is 4.79 Å². The zero-order chi connectivity index (χ0) is 11.4. The van der Waals surface area contributed by atoms with E-state index < -0.39 is 6.04 Å². The van der Waals surface area contributed by atoms with Gasteiger partial charge in [0.05, 0.1) is 10.0 Å². The van der Waals surface area contributed by atoms with Crippen molar-refractivity contribution < 1.29 is 4.79 Å². The first-order valence-corrected chi connectivity index (χ1v) is 5.02. The molecule has 0 saturated carbocycles. The van der Waals surface area contributed by atoms with Crippen LogP contribution in [0.2, 0.25) is 10.0 Å². The van der Waals surface area contributed by atoms with Crippen molar-refractivity contribution in [3.05, 3.63) is 28.2 Å². The summed E-state index contributed by atoms with van der Waals surface area (Å²) >= 11 is 11.6. The molecule has 1 aromatic carbocycles. The third kappa shape index (κ3) is 3.27. The first kappa shape index (κ1) is 12.1. The van der Waals surface area contributed by atoms with Gasteiger partial charge in [-0.25, -0.2) is 5.84 Å². The van der Waals surface area contributed by atoms with Crippen LogP contribution >= 0.6 is 23.2 Å². The molecule has 0 heterocycles. The number of benzene rings is 1. The number of halogens is 2. The van der Waals surface area contributed by atoms with E-state index in [0.717, 1.165) is 0 Å². The number of carbonyl (C=O) groups is 1. The Labute approximate surface area is 97.7 Å². The molecule has 1 amide bonds. The van der Waals surface area contributed by atoms with E-state index in [1.807, 2.05) is 0 Å². The van der Waals surface area contributed by atoms with E-state index in [2.05, 4.69) is 10.7 Å². The van der Waals surface area contributed by atoms with Gasteiger partial charge in [0.15, 0.2) is 0 Å². The van der Waals surface area contributed by atoms with E-state index in [1.165, 1.54) is 0 Å². The molecule has 6 heteroatoms. The van der Waals surface area contributed by atoms with Gasteiger partial charge < -0.3 is 5.32 Å². The number of hydrogen-bond acceptors (Lipinski definition) is 3. The Kier molecular flexibility index (Phi) is 4.20. The molecule has 15 heavy (non-hydrogen) atoms. The maximum Gasteiger partial charge on any atom is 0.256 e. The Bertz CT molecular complexity index is 370. The van der Waals surface area contributed by atoms with Gasteiger partial charge in [0.2, 0.25) is 0 Å². The van der Waals surface area contributed by atoms with Crippen LogP contribution in [0.1, 0.15) is 6.92 Å². The van der Waals surface area contributed by atoms with Crippen LogP contribution < -0.4 is 16.6 Å². The summed E-state index contributed by atoms with van der Waals surface area (Å²) in [6.45, 7) is 1.69. The monoisotopic (exact) mass is 247 g/mol. The van der Waals surface area contributed by atoms with Crippen molar-refractivity contribution in [2.75, 3.05) is 5.32 Å². The van der Waals surface area contributed by atoms with Gasteiger partial charge in [-0.2, -0.15) is 0 Å². The third-order valence-electron chi connectivity index (χ3n) is 1.84. The zero-order valence-corrected chi connectivity index (χ0v) is 9.56. The van der Waals surface area contributed by atoms with E-state index in [-0.39, 0.29) is 5.91 Å². The van der Waals surface area contributed by atoms with E-state index in [0.29, 0.717) is 15.7 Å². The summed E-state index contributed by atoms with van der Waals surface area (Å²) in [6.07, 6.45) is 0. The average Bonchev–Trinajstić information content (AvgIpc) is 2.22. The van der Waals surface area contributed by atoms with Gasteiger partial charge in [-0.15, -0.1) is 0 Å². The molecule has 0 saturated heterocycles. The lowest BCUT2D eigenvalue weighted by molar-refractivity contribution is -0.121. The maximum atomic E-state index is 11.1. The van der Waals surface area contributed by atoms with Crippen LogP contribution in [0, 0.1) is 0 Å². The molecule has 0 aliphatic rings. The van der Waals surface area contributed by atoms with E-state index in [4.69, 9.17) is 29.0 Å².